The monoisotopic (exact) mass is 265 g/mol. The predicted molar refractivity (Wildman–Crippen MR) is 72.0 cm³/mol. The number of halogens is 1. The smallest absolute Gasteiger partial charge is 0.227 e. The van der Waals surface area contributed by atoms with Gasteiger partial charge in [-0.2, -0.15) is 0 Å². The summed E-state index contributed by atoms with van der Waals surface area (Å²) in [6.45, 7) is 7.32. The van der Waals surface area contributed by atoms with Gasteiger partial charge in [0, 0.05) is 0 Å². The van der Waals surface area contributed by atoms with E-state index in [1.54, 1.807) is 12.1 Å². The summed E-state index contributed by atoms with van der Waals surface area (Å²) in [5.74, 6) is -0.799. The lowest BCUT2D eigenvalue weighted by molar-refractivity contribution is -0.128. The van der Waals surface area contributed by atoms with E-state index in [0.717, 1.165) is 5.56 Å². The largest absolute Gasteiger partial charge is 0.348 e. The Morgan fingerprint density at radius 3 is 2.16 bits per heavy atom. The molecule has 1 rings (SSSR count). The van der Waals surface area contributed by atoms with Crippen LogP contribution in [0.2, 0.25) is 0 Å². The minimum atomic E-state index is -0.313. The molecule has 1 amide bonds. The van der Waals surface area contributed by atoms with Crippen LogP contribution >= 0.6 is 0 Å². The minimum Gasteiger partial charge on any atom is -0.348 e. The maximum absolute atomic E-state index is 12.9. The van der Waals surface area contributed by atoms with Crippen LogP contribution in [0.1, 0.15) is 45.7 Å². The quantitative estimate of drug-likeness (QED) is 0.851. The van der Waals surface area contributed by atoms with Crippen LogP contribution in [0.5, 0.6) is 0 Å². The maximum Gasteiger partial charge on any atom is 0.227 e. The molecule has 1 aromatic carbocycles. The highest BCUT2D eigenvalue weighted by Gasteiger charge is 2.28. The van der Waals surface area contributed by atoms with Gasteiger partial charge in [0.05, 0.1) is 12.5 Å². The summed E-state index contributed by atoms with van der Waals surface area (Å²) in [6, 6.07) is 5.77. The Balaban J connectivity index is 2.93. The molecule has 4 heteroatoms. The molecule has 1 unspecified atom stereocenters. The van der Waals surface area contributed by atoms with Gasteiger partial charge >= 0.3 is 0 Å². The number of hydrogen-bond acceptors (Lipinski definition) is 2. The minimum absolute atomic E-state index is 0.131. The van der Waals surface area contributed by atoms with E-state index in [1.807, 2.05) is 20.8 Å². The molecule has 0 spiro atoms. The van der Waals surface area contributed by atoms with Crippen molar-refractivity contribution in [2.45, 2.75) is 40.2 Å². The van der Waals surface area contributed by atoms with Crippen LogP contribution in [0.4, 0.5) is 4.39 Å². The van der Waals surface area contributed by atoms with Crippen molar-refractivity contribution in [2.75, 3.05) is 0 Å². The van der Waals surface area contributed by atoms with Crippen molar-refractivity contribution >= 4 is 11.7 Å². The van der Waals surface area contributed by atoms with E-state index < -0.39 is 0 Å². The maximum atomic E-state index is 12.9. The van der Waals surface area contributed by atoms with E-state index >= 15 is 0 Å². The van der Waals surface area contributed by atoms with Crippen LogP contribution in [0.15, 0.2) is 24.3 Å². The molecular formula is C15H20FNO2. The predicted octanol–water partition coefficient (Wildman–Crippen LogP) is 3.01. The third kappa shape index (κ3) is 4.81. The molecule has 0 radical (unpaired) electrons. The first-order valence-electron chi connectivity index (χ1n) is 6.24. The zero-order chi connectivity index (χ0) is 14.6. The van der Waals surface area contributed by atoms with Crippen LogP contribution < -0.4 is 5.32 Å². The Kier molecular flexibility index (Phi) is 4.81. The van der Waals surface area contributed by atoms with E-state index in [0.29, 0.717) is 0 Å². The fraction of sp³-hybridized carbons (Fsp3) is 0.467. The van der Waals surface area contributed by atoms with Crippen LogP contribution in [0.3, 0.4) is 0 Å². The van der Waals surface area contributed by atoms with Gasteiger partial charge in [0.15, 0.2) is 0 Å². The number of Topliss-reactive ketones (excluding diaryl/α,β-unsaturated/α-hetero) is 1. The Morgan fingerprint density at radius 2 is 1.74 bits per heavy atom. The fourth-order valence-electron chi connectivity index (χ4n) is 1.89. The third-order valence-corrected chi connectivity index (χ3v) is 2.78. The van der Waals surface area contributed by atoms with Crippen molar-refractivity contribution in [2.24, 2.45) is 5.41 Å². The lowest BCUT2D eigenvalue weighted by Gasteiger charge is -2.32. The molecule has 0 saturated carbocycles. The summed E-state index contributed by atoms with van der Waals surface area (Å²) in [6.07, 6.45) is -0.131. The van der Waals surface area contributed by atoms with Gasteiger partial charge in [-0.25, -0.2) is 4.39 Å². The standard InChI is InChI=1S/C15H20FNO2/c1-10(18)9-13(19)17-14(15(2,3)4)11-5-7-12(16)8-6-11/h5-8,14H,9H2,1-4H3,(H,17,19). The van der Waals surface area contributed by atoms with Crippen LogP contribution in [-0.2, 0) is 9.59 Å². The van der Waals surface area contributed by atoms with Crippen LogP contribution in [0, 0.1) is 11.2 Å². The van der Waals surface area contributed by atoms with Gasteiger partial charge in [0.1, 0.15) is 11.6 Å². The van der Waals surface area contributed by atoms with Gasteiger partial charge in [-0.1, -0.05) is 32.9 Å². The van der Waals surface area contributed by atoms with Crippen LogP contribution in [0.25, 0.3) is 0 Å². The summed E-state index contributed by atoms with van der Waals surface area (Å²) >= 11 is 0. The molecule has 0 bridgehead atoms. The SMILES string of the molecule is CC(=O)CC(=O)NC(c1ccc(F)cc1)C(C)(C)C. The first-order valence-corrected chi connectivity index (χ1v) is 6.24. The van der Waals surface area contributed by atoms with Crippen molar-refractivity contribution in [1.29, 1.82) is 0 Å². The first kappa shape index (κ1) is 15.3. The Morgan fingerprint density at radius 1 is 1.21 bits per heavy atom. The van der Waals surface area contributed by atoms with Crippen LogP contribution in [-0.4, -0.2) is 11.7 Å². The van der Waals surface area contributed by atoms with Crippen molar-refractivity contribution in [3.63, 3.8) is 0 Å². The average Bonchev–Trinajstić information content (AvgIpc) is 2.25. The van der Waals surface area contributed by atoms with Gasteiger partial charge < -0.3 is 5.32 Å². The van der Waals surface area contributed by atoms with Gasteiger partial charge in [-0.05, 0) is 30.0 Å². The Hall–Kier alpha value is -1.71. The number of carbonyl (C=O) groups is 2. The first-order chi connectivity index (χ1) is 8.70. The summed E-state index contributed by atoms with van der Waals surface area (Å²) in [5.41, 5.74) is 0.593. The number of amides is 1. The molecule has 1 aromatic rings. The summed E-state index contributed by atoms with van der Waals surface area (Å²) in [7, 11) is 0. The molecule has 0 fully saturated rings. The van der Waals surface area contributed by atoms with Gasteiger partial charge in [0.2, 0.25) is 5.91 Å². The van der Waals surface area contributed by atoms with E-state index in [9.17, 15) is 14.0 Å². The molecule has 0 aliphatic rings. The lowest BCUT2D eigenvalue weighted by atomic mass is 9.82. The molecule has 3 nitrogen and oxygen atoms in total. The second kappa shape index (κ2) is 5.95. The number of ketones is 1. The number of nitrogens with one attached hydrogen (secondary N) is 1. The molecule has 19 heavy (non-hydrogen) atoms. The molecule has 0 aliphatic heterocycles. The number of hydrogen-bond donors (Lipinski definition) is 1. The molecule has 1 atom stereocenters. The number of benzene rings is 1. The summed E-state index contributed by atoms with van der Waals surface area (Å²) < 4.78 is 12.9. The lowest BCUT2D eigenvalue weighted by Crippen LogP contribution is -2.37. The van der Waals surface area contributed by atoms with Gasteiger partial charge in [-0.3, -0.25) is 9.59 Å². The number of carbonyl (C=O) groups excluding carboxylic acids is 2. The van der Waals surface area contributed by atoms with Crippen molar-refractivity contribution in [3.8, 4) is 0 Å². The highest BCUT2D eigenvalue weighted by Crippen LogP contribution is 2.32. The Labute approximate surface area is 113 Å². The second-order valence-corrected chi connectivity index (χ2v) is 5.80. The summed E-state index contributed by atoms with van der Waals surface area (Å²) in [4.78, 5) is 22.7. The molecule has 0 saturated heterocycles. The van der Waals surface area contributed by atoms with E-state index in [-0.39, 0.29) is 35.4 Å². The van der Waals surface area contributed by atoms with Crippen molar-refractivity contribution < 1.29 is 14.0 Å². The normalized spacial score (nSPS) is 12.9. The molecule has 0 aromatic heterocycles. The third-order valence-electron chi connectivity index (χ3n) is 2.78. The molecule has 104 valence electrons. The summed E-state index contributed by atoms with van der Waals surface area (Å²) in [5, 5.41) is 2.84. The zero-order valence-corrected chi connectivity index (χ0v) is 11.8. The topological polar surface area (TPSA) is 46.2 Å². The number of rotatable bonds is 4. The molecule has 0 heterocycles. The van der Waals surface area contributed by atoms with Crippen molar-refractivity contribution in [1.82, 2.24) is 5.32 Å². The highest BCUT2D eigenvalue weighted by molar-refractivity contribution is 5.96. The Bertz CT molecular complexity index is 460. The van der Waals surface area contributed by atoms with Gasteiger partial charge in [0.25, 0.3) is 0 Å². The molecule has 1 N–H and O–H groups in total. The van der Waals surface area contributed by atoms with E-state index in [2.05, 4.69) is 5.32 Å². The molecule has 0 aliphatic carbocycles. The van der Waals surface area contributed by atoms with Gasteiger partial charge in [-0.15, -0.1) is 0 Å². The molecular weight excluding hydrogens is 245 g/mol. The van der Waals surface area contributed by atoms with E-state index in [1.165, 1.54) is 19.1 Å². The highest BCUT2D eigenvalue weighted by atomic mass is 19.1. The van der Waals surface area contributed by atoms with E-state index in [4.69, 9.17) is 0 Å². The van der Waals surface area contributed by atoms with Crippen molar-refractivity contribution in [3.05, 3.63) is 35.6 Å². The second-order valence-electron chi connectivity index (χ2n) is 5.80. The average molecular weight is 265 g/mol. The zero-order valence-electron chi connectivity index (χ0n) is 11.8. The fourth-order valence-corrected chi connectivity index (χ4v) is 1.89.